The third kappa shape index (κ3) is 3.83. The molecule has 3 heterocycles. The molecule has 0 saturated carbocycles. The number of fused-ring (bicyclic) bond motifs is 1. The normalized spacial score (nSPS) is 18.9. The third-order valence-corrected chi connectivity index (χ3v) is 5.00. The molecule has 4 rings (SSSR count). The molecular formula is C20H26N2O3. The number of furan rings is 1. The predicted octanol–water partition coefficient (Wildman–Crippen LogP) is 3.37. The van der Waals surface area contributed by atoms with Gasteiger partial charge in [-0.3, -0.25) is 4.90 Å². The highest BCUT2D eigenvalue weighted by atomic mass is 16.6. The first-order valence-corrected chi connectivity index (χ1v) is 9.27. The Hall–Kier alpha value is -1.98. The Balaban J connectivity index is 1.42. The molecule has 5 heteroatoms. The lowest BCUT2D eigenvalue weighted by atomic mass is 10.1. The highest BCUT2D eigenvalue weighted by molar-refractivity contribution is 5.47. The summed E-state index contributed by atoms with van der Waals surface area (Å²) >= 11 is 0. The fourth-order valence-corrected chi connectivity index (χ4v) is 3.74. The van der Waals surface area contributed by atoms with E-state index < -0.39 is 0 Å². The van der Waals surface area contributed by atoms with Crippen LogP contribution in [0.15, 0.2) is 41.0 Å². The van der Waals surface area contributed by atoms with E-state index >= 15 is 0 Å². The Morgan fingerprint density at radius 2 is 1.88 bits per heavy atom. The lowest BCUT2D eigenvalue weighted by Crippen LogP contribution is -2.38. The van der Waals surface area contributed by atoms with Crippen molar-refractivity contribution in [2.45, 2.75) is 31.8 Å². The van der Waals surface area contributed by atoms with E-state index in [9.17, 15) is 0 Å². The molecule has 1 fully saturated rings. The number of nitrogens with one attached hydrogen (secondary N) is 1. The Morgan fingerprint density at radius 3 is 2.72 bits per heavy atom. The van der Waals surface area contributed by atoms with Crippen LogP contribution in [0.4, 0.5) is 0 Å². The first-order valence-electron chi connectivity index (χ1n) is 9.27. The van der Waals surface area contributed by atoms with E-state index in [0.717, 1.165) is 49.0 Å². The molecule has 0 amide bonds. The van der Waals surface area contributed by atoms with Gasteiger partial charge in [-0.05, 0) is 44.1 Å². The molecule has 0 bridgehead atoms. The average molecular weight is 342 g/mol. The summed E-state index contributed by atoms with van der Waals surface area (Å²) in [6.07, 6.45) is 5.65. The molecule has 2 aliphatic heterocycles. The second-order valence-electron chi connectivity index (χ2n) is 6.70. The molecule has 2 aliphatic rings. The molecule has 1 unspecified atom stereocenters. The lowest BCUT2D eigenvalue weighted by Gasteiger charge is -2.33. The van der Waals surface area contributed by atoms with Crippen molar-refractivity contribution in [2.75, 3.05) is 32.8 Å². The van der Waals surface area contributed by atoms with Crippen LogP contribution in [0.1, 0.15) is 36.6 Å². The lowest BCUT2D eigenvalue weighted by molar-refractivity contribution is 0.142. The summed E-state index contributed by atoms with van der Waals surface area (Å²) in [5.74, 6) is 2.78. The number of piperidine rings is 1. The standard InChI is InChI=1S/C20H26N2O3/c1-2-9-22(10-3-1)17(18-8-5-11-23-18)15-21-14-16-6-4-7-19-20(16)25-13-12-24-19/h4-8,11,17,21H,1-3,9-10,12-15H2. The quantitative estimate of drug-likeness (QED) is 0.872. The number of ether oxygens (including phenoxy) is 2. The molecule has 1 aromatic heterocycles. The second-order valence-corrected chi connectivity index (χ2v) is 6.70. The van der Waals surface area contributed by atoms with Gasteiger partial charge in [0.25, 0.3) is 0 Å². The molecule has 2 aromatic rings. The van der Waals surface area contributed by atoms with Gasteiger partial charge in [-0.15, -0.1) is 0 Å². The van der Waals surface area contributed by atoms with Crippen LogP contribution in [0, 0.1) is 0 Å². The van der Waals surface area contributed by atoms with Crippen LogP contribution < -0.4 is 14.8 Å². The van der Waals surface area contributed by atoms with Crippen molar-refractivity contribution in [3.05, 3.63) is 47.9 Å². The van der Waals surface area contributed by atoms with E-state index in [1.165, 1.54) is 19.3 Å². The number of hydrogen-bond donors (Lipinski definition) is 1. The smallest absolute Gasteiger partial charge is 0.165 e. The summed E-state index contributed by atoms with van der Waals surface area (Å²) in [6.45, 7) is 5.15. The van der Waals surface area contributed by atoms with Crippen molar-refractivity contribution < 1.29 is 13.9 Å². The van der Waals surface area contributed by atoms with Crippen molar-refractivity contribution in [3.63, 3.8) is 0 Å². The number of hydrogen-bond acceptors (Lipinski definition) is 5. The average Bonchev–Trinajstić information content (AvgIpc) is 3.20. The maximum absolute atomic E-state index is 5.81. The summed E-state index contributed by atoms with van der Waals surface area (Å²) in [5, 5.41) is 3.60. The zero-order valence-electron chi connectivity index (χ0n) is 14.6. The van der Waals surface area contributed by atoms with E-state index in [0.29, 0.717) is 13.2 Å². The van der Waals surface area contributed by atoms with Gasteiger partial charge in [0.1, 0.15) is 19.0 Å². The van der Waals surface area contributed by atoms with Crippen molar-refractivity contribution in [1.29, 1.82) is 0 Å². The zero-order valence-corrected chi connectivity index (χ0v) is 14.6. The number of rotatable bonds is 6. The van der Waals surface area contributed by atoms with E-state index in [1.807, 2.05) is 18.2 Å². The summed E-state index contributed by atoms with van der Waals surface area (Å²) in [7, 11) is 0. The minimum Gasteiger partial charge on any atom is -0.486 e. The molecule has 5 nitrogen and oxygen atoms in total. The van der Waals surface area contributed by atoms with Gasteiger partial charge < -0.3 is 19.2 Å². The van der Waals surface area contributed by atoms with Gasteiger partial charge in [0.05, 0.1) is 12.3 Å². The van der Waals surface area contributed by atoms with E-state index in [-0.39, 0.29) is 6.04 Å². The Bertz CT molecular complexity index is 666. The molecule has 0 spiro atoms. The van der Waals surface area contributed by atoms with Gasteiger partial charge in [0.2, 0.25) is 0 Å². The van der Waals surface area contributed by atoms with Gasteiger partial charge in [0.15, 0.2) is 11.5 Å². The molecule has 0 radical (unpaired) electrons. The topological polar surface area (TPSA) is 46.9 Å². The molecule has 1 saturated heterocycles. The number of likely N-dealkylation sites (tertiary alicyclic amines) is 1. The Kier molecular flexibility index (Phi) is 5.23. The van der Waals surface area contributed by atoms with Gasteiger partial charge >= 0.3 is 0 Å². The number of nitrogens with zero attached hydrogens (tertiary/aromatic N) is 1. The molecule has 25 heavy (non-hydrogen) atoms. The summed E-state index contributed by atoms with van der Waals surface area (Å²) < 4.78 is 17.2. The van der Waals surface area contributed by atoms with Crippen LogP contribution >= 0.6 is 0 Å². The second kappa shape index (κ2) is 7.93. The van der Waals surface area contributed by atoms with Crippen molar-refractivity contribution >= 4 is 0 Å². The highest BCUT2D eigenvalue weighted by Gasteiger charge is 2.24. The minimum atomic E-state index is 0.284. The van der Waals surface area contributed by atoms with Crippen LogP contribution in [-0.2, 0) is 6.54 Å². The van der Waals surface area contributed by atoms with E-state index in [4.69, 9.17) is 13.9 Å². The first-order chi connectivity index (χ1) is 12.4. The molecule has 134 valence electrons. The molecule has 1 N–H and O–H groups in total. The highest BCUT2D eigenvalue weighted by Crippen LogP contribution is 2.33. The van der Waals surface area contributed by atoms with Crippen LogP contribution in [-0.4, -0.2) is 37.7 Å². The van der Waals surface area contributed by atoms with E-state index in [1.54, 1.807) is 6.26 Å². The van der Waals surface area contributed by atoms with Gasteiger partial charge in [-0.1, -0.05) is 18.6 Å². The molecule has 0 aliphatic carbocycles. The maximum Gasteiger partial charge on any atom is 0.165 e. The SMILES string of the molecule is c1coc(C(CNCc2cccc3c2OCCO3)N2CCCCC2)c1. The van der Waals surface area contributed by atoms with Crippen LogP contribution in [0.25, 0.3) is 0 Å². The maximum atomic E-state index is 5.81. The van der Waals surface area contributed by atoms with E-state index in [2.05, 4.69) is 22.3 Å². The molecular weight excluding hydrogens is 316 g/mol. The van der Waals surface area contributed by atoms with Crippen molar-refractivity contribution in [1.82, 2.24) is 10.2 Å². The molecule has 1 aromatic carbocycles. The Labute approximate surface area is 148 Å². The van der Waals surface area contributed by atoms with Crippen molar-refractivity contribution in [2.24, 2.45) is 0 Å². The fraction of sp³-hybridized carbons (Fsp3) is 0.500. The van der Waals surface area contributed by atoms with Crippen molar-refractivity contribution in [3.8, 4) is 11.5 Å². The zero-order chi connectivity index (χ0) is 16.9. The van der Waals surface area contributed by atoms with Crippen LogP contribution in [0.5, 0.6) is 11.5 Å². The van der Waals surface area contributed by atoms with Crippen LogP contribution in [0.2, 0.25) is 0 Å². The first kappa shape index (κ1) is 16.5. The molecule has 1 atom stereocenters. The monoisotopic (exact) mass is 342 g/mol. The van der Waals surface area contributed by atoms with Gasteiger partial charge in [-0.2, -0.15) is 0 Å². The van der Waals surface area contributed by atoms with Gasteiger partial charge in [-0.25, -0.2) is 0 Å². The summed E-state index contributed by atoms with van der Waals surface area (Å²) in [5.41, 5.74) is 1.15. The number of benzene rings is 1. The predicted molar refractivity (Wildman–Crippen MR) is 96.0 cm³/mol. The van der Waals surface area contributed by atoms with Crippen LogP contribution in [0.3, 0.4) is 0 Å². The summed E-state index contributed by atoms with van der Waals surface area (Å²) in [4.78, 5) is 2.54. The fourth-order valence-electron chi connectivity index (χ4n) is 3.74. The third-order valence-electron chi connectivity index (χ3n) is 5.00. The minimum absolute atomic E-state index is 0.284. The van der Waals surface area contributed by atoms with Gasteiger partial charge in [0, 0.05) is 18.7 Å². The Morgan fingerprint density at radius 1 is 1.00 bits per heavy atom. The largest absolute Gasteiger partial charge is 0.486 e. The number of para-hydroxylation sites is 1. The summed E-state index contributed by atoms with van der Waals surface area (Å²) in [6, 6.07) is 10.4.